The molecule has 0 aliphatic rings. The van der Waals surface area contributed by atoms with Crippen LogP contribution in [-0.2, 0) is 4.74 Å². The Morgan fingerprint density at radius 3 is 2.78 bits per heavy atom. The van der Waals surface area contributed by atoms with Crippen LogP contribution >= 0.6 is 0 Å². The second kappa shape index (κ2) is 6.30. The Hall–Kier alpha value is -1.69. The van der Waals surface area contributed by atoms with Crippen molar-refractivity contribution in [3.8, 4) is 0 Å². The molecule has 1 aromatic carbocycles. The van der Waals surface area contributed by atoms with Crippen LogP contribution in [0.3, 0.4) is 0 Å². The summed E-state index contributed by atoms with van der Waals surface area (Å²) in [5.41, 5.74) is 4.36. The summed E-state index contributed by atoms with van der Waals surface area (Å²) in [6.45, 7) is 4.26. The van der Waals surface area contributed by atoms with Gasteiger partial charge in [0.2, 0.25) is 0 Å². The smallest absolute Gasteiger partial charge is 0.257 e. The first kappa shape index (κ1) is 14.4. The predicted octanol–water partition coefficient (Wildman–Crippen LogP) is 1.70. The van der Waals surface area contributed by atoms with Crippen LogP contribution < -0.4 is 11.1 Å². The number of nitrogens with one attached hydrogen (secondary N) is 1. The van der Waals surface area contributed by atoms with Gasteiger partial charge in [0, 0.05) is 12.6 Å². The van der Waals surface area contributed by atoms with E-state index in [0.717, 1.165) is 12.1 Å². The van der Waals surface area contributed by atoms with Crippen LogP contribution in [0.15, 0.2) is 12.1 Å². The second-order valence-corrected chi connectivity index (χ2v) is 3.86. The Kier molecular flexibility index (Phi) is 5.03. The van der Waals surface area contributed by atoms with Gasteiger partial charge >= 0.3 is 0 Å². The number of carbonyl (C=O) groups excluding carboxylic acids is 1. The van der Waals surface area contributed by atoms with Gasteiger partial charge < -0.3 is 15.8 Å². The molecule has 1 unspecified atom stereocenters. The summed E-state index contributed by atoms with van der Waals surface area (Å²) in [6, 6.07) is 1.68. The lowest BCUT2D eigenvalue weighted by atomic mass is 10.1. The molecule has 3 N–H and O–H groups in total. The Bertz CT molecular complexity index is 438. The third-order valence-electron chi connectivity index (χ3n) is 2.30. The topological polar surface area (TPSA) is 64.3 Å². The van der Waals surface area contributed by atoms with Crippen LogP contribution in [0.25, 0.3) is 0 Å². The zero-order valence-electron chi connectivity index (χ0n) is 10.3. The molecule has 1 amide bonds. The zero-order valence-corrected chi connectivity index (χ0v) is 10.3. The number of amides is 1. The quantitative estimate of drug-likeness (QED) is 0.790. The van der Waals surface area contributed by atoms with Crippen molar-refractivity contribution in [2.75, 3.05) is 18.9 Å². The molecule has 18 heavy (non-hydrogen) atoms. The largest absolute Gasteiger partial charge is 0.396 e. The molecule has 0 fully saturated rings. The monoisotopic (exact) mass is 258 g/mol. The summed E-state index contributed by atoms with van der Waals surface area (Å²) in [5, 5.41) is 2.44. The predicted molar refractivity (Wildman–Crippen MR) is 64.2 cm³/mol. The van der Waals surface area contributed by atoms with Crippen molar-refractivity contribution in [3.63, 3.8) is 0 Å². The molecule has 0 saturated carbocycles. The van der Waals surface area contributed by atoms with E-state index in [2.05, 4.69) is 5.32 Å². The van der Waals surface area contributed by atoms with E-state index >= 15 is 0 Å². The molecule has 0 aliphatic carbocycles. The van der Waals surface area contributed by atoms with Crippen LogP contribution in [0.4, 0.5) is 14.5 Å². The summed E-state index contributed by atoms with van der Waals surface area (Å²) in [5.74, 6) is -2.83. The average Bonchev–Trinajstić information content (AvgIpc) is 2.31. The minimum atomic E-state index is -1.05. The molecule has 0 heterocycles. The Morgan fingerprint density at radius 2 is 2.17 bits per heavy atom. The van der Waals surface area contributed by atoms with E-state index in [1.54, 1.807) is 6.92 Å². The maximum absolute atomic E-state index is 13.6. The van der Waals surface area contributed by atoms with Gasteiger partial charge in [-0.1, -0.05) is 0 Å². The minimum Gasteiger partial charge on any atom is -0.396 e. The van der Waals surface area contributed by atoms with Gasteiger partial charge in [-0.2, -0.15) is 0 Å². The fraction of sp³-hybridized carbons (Fsp3) is 0.417. The van der Waals surface area contributed by atoms with Crippen LogP contribution in [0, 0.1) is 11.6 Å². The summed E-state index contributed by atoms with van der Waals surface area (Å²) in [4.78, 5) is 11.7. The van der Waals surface area contributed by atoms with E-state index in [0.29, 0.717) is 6.61 Å². The number of nitrogen functional groups attached to an aromatic ring is 1. The van der Waals surface area contributed by atoms with Gasteiger partial charge in [0.05, 0.1) is 12.3 Å². The number of anilines is 1. The van der Waals surface area contributed by atoms with Crippen molar-refractivity contribution >= 4 is 11.6 Å². The van der Waals surface area contributed by atoms with Crippen LogP contribution in [0.2, 0.25) is 0 Å². The molecule has 1 atom stereocenters. The molecule has 100 valence electrons. The van der Waals surface area contributed by atoms with Crippen LogP contribution in [-0.4, -0.2) is 25.2 Å². The lowest BCUT2D eigenvalue weighted by Gasteiger charge is -2.14. The fourth-order valence-electron chi connectivity index (χ4n) is 1.41. The second-order valence-electron chi connectivity index (χ2n) is 3.86. The molecule has 6 heteroatoms. The number of benzene rings is 1. The summed E-state index contributed by atoms with van der Waals surface area (Å²) < 4.78 is 32.0. The summed E-state index contributed by atoms with van der Waals surface area (Å²) >= 11 is 0. The first-order valence-electron chi connectivity index (χ1n) is 5.59. The van der Waals surface area contributed by atoms with Gasteiger partial charge in [0.1, 0.15) is 11.4 Å². The third kappa shape index (κ3) is 3.40. The van der Waals surface area contributed by atoms with Gasteiger partial charge in [0.25, 0.3) is 5.91 Å². The molecule has 0 radical (unpaired) electrons. The van der Waals surface area contributed by atoms with Crippen LogP contribution in [0.1, 0.15) is 24.2 Å². The van der Waals surface area contributed by atoms with Crippen molar-refractivity contribution < 1.29 is 18.3 Å². The minimum absolute atomic E-state index is 0.265. The van der Waals surface area contributed by atoms with Gasteiger partial charge in [-0.05, 0) is 26.0 Å². The lowest BCUT2D eigenvalue weighted by Crippen LogP contribution is -2.37. The molecule has 0 aliphatic heterocycles. The average molecular weight is 258 g/mol. The van der Waals surface area contributed by atoms with E-state index in [1.807, 2.05) is 6.92 Å². The molecule has 1 rings (SSSR count). The van der Waals surface area contributed by atoms with Crippen LogP contribution in [0.5, 0.6) is 0 Å². The molecule has 1 aromatic rings. The normalized spacial score (nSPS) is 12.2. The number of rotatable bonds is 5. The molecular weight excluding hydrogens is 242 g/mol. The number of nitrogens with two attached hydrogens (primary N) is 1. The van der Waals surface area contributed by atoms with Crippen molar-refractivity contribution in [3.05, 3.63) is 29.3 Å². The van der Waals surface area contributed by atoms with E-state index in [9.17, 15) is 13.6 Å². The number of halogens is 2. The lowest BCUT2D eigenvalue weighted by molar-refractivity contribution is 0.0864. The number of hydrogen-bond donors (Lipinski definition) is 2. The molecular formula is C12H16F2N2O2. The zero-order chi connectivity index (χ0) is 13.7. The number of carbonyl (C=O) groups is 1. The summed E-state index contributed by atoms with van der Waals surface area (Å²) in [6.07, 6.45) is 0. The van der Waals surface area contributed by atoms with E-state index in [1.165, 1.54) is 0 Å². The maximum atomic E-state index is 13.6. The molecule has 4 nitrogen and oxygen atoms in total. The highest BCUT2D eigenvalue weighted by atomic mass is 19.1. The molecule has 0 spiro atoms. The summed E-state index contributed by atoms with van der Waals surface area (Å²) in [7, 11) is 0. The van der Waals surface area contributed by atoms with Crippen molar-refractivity contribution in [2.45, 2.75) is 19.9 Å². The Labute approximate surface area is 104 Å². The SMILES string of the molecule is CCOCC(C)NC(=O)c1c(F)ccc(N)c1F. The third-order valence-corrected chi connectivity index (χ3v) is 2.30. The number of hydrogen-bond acceptors (Lipinski definition) is 3. The highest BCUT2D eigenvalue weighted by molar-refractivity contribution is 5.95. The van der Waals surface area contributed by atoms with Gasteiger partial charge in [-0.25, -0.2) is 8.78 Å². The molecule has 0 bridgehead atoms. The van der Waals surface area contributed by atoms with E-state index in [-0.39, 0.29) is 18.3 Å². The molecule has 0 saturated heterocycles. The van der Waals surface area contributed by atoms with E-state index in [4.69, 9.17) is 10.5 Å². The standard InChI is InChI=1S/C12H16F2N2O2/c1-3-18-6-7(2)16-12(17)10-8(13)4-5-9(15)11(10)14/h4-5,7H,3,6,15H2,1-2H3,(H,16,17). The van der Waals surface area contributed by atoms with Gasteiger partial charge in [-0.15, -0.1) is 0 Å². The van der Waals surface area contributed by atoms with Crippen molar-refractivity contribution in [1.29, 1.82) is 0 Å². The van der Waals surface area contributed by atoms with Gasteiger partial charge in [0.15, 0.2) is 5.82 Å². The van der Waals surface area contributed by atoms with Crippen molar-refractivity contribution in [1.82, 2.24) is 5.32 Å². The van der Waals surface area contributed by atoms with Crippen molar-refractivity contribution in [2.24, 2.45) is 0 Å². The first-order chi connectivity index (χ1) is 8.47. The molecule has 0 aromatic heterocycles. The van der Waals surface area contributed by atoms with E-state index < -0.39 is 23.1 Å². The van der Waals surface area contributed by atoms with Gasteiger partial charge in [-0.3, -0.25) is 4.79 Å². The maximum Gasteiger partial charge on any atom is 0.257 e. The fourth-order valence-corrected chi connectivity index (χ4v) is 1.41. The highest BCUT2D eigenvalue weighted by Gasteiger charge is 2.20. The Balaban J connectivity index is 2.81. The number of ether oxygens (including phenoxy) is 1. The first-order valence-corrected chi connectivity index (χ1v) is 5.59. The highest BCUT2D eigenvalue weighted by Crippen LogP contribution is 2.18. The Morgan fingerprint density at radius 1 is 1.50 bits per heavy atom.